The maximum absolute atomic E-state index is 13.4. The number of benzene rings is 3. The fourth-order valence-corrected chi connectivity index (χ4v) is 3.81. The molecule has 162 valence electrons. The highest BCUT2D eigenvalue weighted by molar-refractivity contribution is 5.98. The first-order valence-electron chi connectivity index (χ1n) is 10.7. The van der Waals surface area contributed by atoms with Gasteiger partial charge in [0.05, 0.1) is 0 Å². The third kappa shape index (κ3) is 4.86. The highest BCUT2D eigenvalue weighted by Crippen LogP contribution is 2.19. The maximum atomic E-state index is 13.4. The van der Waals surface area contributed by atoms with Gasteiger partial charge in [0, 0.05) is 37.3 Å². The lowest BCUT2D eigenvalue weighted by Gasteiger charge is -2.36. The van der Waals surface area contributed by atoms with Crippen LogP contribution < -0.4 is 5.32 Å². The molecule has 1 N–H and O–H groups in total. The van der Waals surface area contributed by atoms with E-state index in [4.69, 9.17) is 0 Å². The van der Waals surface area contributed by atoms with Gasteiger partial charge in [-0.05, 0) is 29.8 Å². The van der Waals surface area contributed by atoms with Crippen molar-refractivity contribution in [2.75, 3.05) is 26.2 Å². The van der Waals surface area contributed by atoms with Crippen LogP contribution in [0.1, 0.15) is 32.3 Å². The second kappa shape index (κ2) is 9.92. The summed E-state index contributed by atoms with van der Waals surface area (Å²) >= 11 is 0. The lowest BCUT2D eigenvalue weighted by molar-refractivity contribution is -0.134. The van der Waals surface area contributed by atoms with Crippen LogP contribution in [0.2, 0.25) is 0 Å². The van der Waals surface area contributed by atoms with Gasteiger partial charge in [0.15, 0.2) is 0 Å². The number of rotatable bonds is 5. The second-order valence-corrected chi connectivity index (χ2v) is 7.67. The predicted molar refractivity (Wildman–Crippen MR) is 122 cm³/mol. The van der Waals surface area contributed by atoms with E-state index in [-0.39, 0.29) is 17.7 Å². The van der Waals surface area contributed by atoms with E-state index in [0.29, 0.717) is 37.3 Å². The number of nitrogens with zero attached hydrogens (tertiary/aromatic N) is 2. The molecule has 3 amide bonds. The molecule has 1 unspecified atom stereocenters. The van der Waals surface area contributed by atoms with Gasteiger partial charge < -0.3 is 15.1 Å². The van der Waals surface area contributed by atoms with Crippen molar-refractivity contribution in [2.45, 2.75) is 6.04 Å². The van der Waals surface area contributed by atoms with Crippen molar-refractivity contribution in [1.82, 2.24) is 15.1 Å². The Morgan fingerprint density at radius 3 is 1.66 bits per heavy atom. The second-order valence-electron chi connectivity index (χ2n) is 7.67. The van der Waals surface area contributed by atoms with Crippen LogP contribution in [0.15, 0.2) is 91.0 Å². The molecule has 0 saturated carbocycles. The van der Waals surface area contributed by atoms with Crippen LogP contribution in [0, 0.1) is 0 Å². The number of hydrogen-bond acceptors (Lipinski definition) is 3. The first-order chi connectivity index (χ1) is 15.6. The first-order valence-corrected chi connectivity index (χ1v) is 10.7. The van der Waals surface area contributed by atoms with Crippen molar-refractivity contribution in [3.05, 3.63) is 108 Å². The number of hydrogen-bond donors (Lipinski definition) is 1. The van der Waals surface area contributed by atoms with Crippen LogP contribution in [0.25, 0.3) is 0 Å². The zero-order chi connectivity index (χ0) is 22.3. The number of piperazine rings is 1. The largest absolute Gasteiger partial charge is 0.337 e. The normalized spacial score (nSPS) is 14.5. The van der Waals surface area contributed by atoms with Crippen molar-refractivity contribution < 1.29 is 14.4 Å². The van der Waals surface area contributed by atoms with Crippen molar-refractivity contribution in [1.29, 1.82) is 0 Å². The van der Waals surface area contributed by atoms with Gasteiger partial charge in [0.25, 0.3) is 11.8 Å². The topological polar surface area (TPSA) is 69.7 Å². The molecule has 1 heterocycles. The Bertz CT molecular complexity index is 1060. The molecule has 0 spiro atoms. The summed E-state index contributed by atoms with van der Waals surface area (Å²) in [6.45, 7) is 1.74. The van der Waals surface area contributed by atoms with E-state index in [1.165, 1.54) is 0 Å². The molecule has 1 aliphatic rings. The summed E-state index contributed by atoms with van der Waals surface area (Å²) in [6, 6.07) is 26.5. The average Bonchev–Trinajstić information content (AvgIpc) is 2.88. The Labute approximate surface area is 187 Å². The molecule has 1 atom stereocenters. The summed E-state index contributed by atoms with van der Waals surface area (Å²) in [6.07, 6.45) is 0. The van der Waals surface area contributed by atoms with Crippen LogP contribution >= 0.6 is 0 Å². The summed E-state index contributed by atoms with van der Waals surface area (Å²) in [7, 11) is 0. The van der Waals surface area contributed by atoms with Gasteiger partial charge in [-0.1, -0.05) is 66.7 Å². The van der Waals surface area contributed by atoms with Crippen molar-refractivity contribution in [2.24, 2.45) is 0 Å². The highest BCUT2D eigenvalue weighted by atomic mass is 16.2. The number of amides is 3. The minimum Gasteiger partial charge on any atom is -0.337 e. The van der Waals surface area contributed by atoms with Crippen molar-refractivity contribution in [3.63, 3.8) is 0 Å². The molecule has 4 rings (SSSR count). The molecule has 0 aliphatic carbocycles. The zero-order valence-electron chi connectivity index (χ0n) is 17.7. The Morgan fingerprint density at radius 1 is 0.625 bits per heavy atom. The Hall–Kier alpha value is -3.93. The van der Waals surface area contributed by atoms with Crippen LogP contribution in [0.4, 0.5) is 0 Å². The standard InChI is InChI=1S/C26H25N3O3/c30-24(21-12-6-2-7-13-21)27-23(20-10-4-1-5-11-20)26(32)29-18-16-28(17-19-29)25(31)22-14-8-3-9-15-22/h1-15,23H,16-19H2,(H,27,30). The molecule has 6 heteroatoms. The fourth-order valence-electron chi connectivity index (χ4n) is 3.81. The monoisotopic (exact) mass is 427 g/mol. The number of nitrogens with one attached hydrogen (secondary N) is 1. The van der Waals surface area contributed by atoms with E-state index in [0.717, 1.165) is 5.56 Å². The third-order valence-electron chi connectivity index (χ3n) is 5.59. The van der Waals surface area contributed by atoms with E-state index in [9.17, 15) is 14.4 Å². The van der Waals surface area contributed by atoms with E-state index < -0.39 is 6.04 Å². The molecular formula is C26H25N3O3. The van der Waals surface area contributed by atoms with E-state index in [1.54, 1.807) is 46.2 Å². The molecule has 32 heavy (non-hydrogen) atoms. The van der Waals surface area contributed by atoms with Gasteiger partial charge in [0.1, 0.15) is 6.04 Å². The minimum absolute atomic E-state index is 0.0327. The molecule has 3 aromatic rings. The van der Waals surface area contributed by atoms with Crippen LogP contribution in [0.5, 0.6) is 0 Å². The van der Waals surface area contributed by atoms with Gasteiger partial charge in [-0.15, -0.1) is 0 Å². The molecule has 0 aromatic heterocycles. The molecule has 0 radical (unpaired) electrons. The van der Waals surface area contributed by atoms with E-state index >= 15 is 0 Å². The van der Waals surface area contributed by atoms with E-state index in [1.807, 2.05) is 54.6 Å². The lowest BCUT2D eigenvalue weighted by Crippen LogP contribution is -2.53. The minimum atomic E-state index is -0.791. The Kier molecular flexibility index (Phi) is 6.60. The van der Waals surface area contributed by atoms with Gasteiger partial charge in [-0.3, -0.25) is 14.4 Å². The van der Waals surface area contributed by atoms with Gasteiger partial charge in [-0.25, -0.2) is 0 Å². The summed E-state index contributed by atoms with van der Waals surface area (Å²) in [5.41, 5.74) is 1.87. The van der Waals surface area contributed by atoms with Crippen LogP contribution in [-0.2, 0) is 4.79 Å². The smallest absolute Gasteiger partial charge is 0.253 e. The number of carbonyl (C=O) groups is 3. The van der Waals surface area contributed by atoms with Crippen LogP contribution in [-0.4, -0.2) is 53.7 Å². The molecular weight excluding hydrogens is 402 g/mol. The van der Waals surface area contributed by atoms with Gasteiger partial charge in [0.2, 0.25) is 5.91 Å². The summed E-state index contributed by atoms with van der Waals surface area (Å²) in [4.78, 5) is 42.4. The molecule has 1 saturated heterocycles. The van der Waals surface area contributed by atoms with Crippen molar-refractivity contribution >= 4 is 17.7 Å². The quantitative estimate of drug-likeness (QED) is 0.680. The summed E-state index contributed by atoms with van der Waals surface area (Å²) in [5.74, 6) is -0.507. The predicted octanol–water partition coefficient (Wildman–Crippen LogP) is 3.14. The third-order valence-corrected chi connectivity index (χ3v) is 5.59. The molecule has 1 aliphatic heterocycles. The molecule has 3 aromatic carbocycles. The summed E-state index contributed by atoms with van der Waals surface area (Å²) < 4.78 is 0. The van der Waals surface area contributed by atoms with Gasteiger partial charge in [-0.2, -0.15) is 0 Å². The Balaban J connectivity index is 1.46. The lowest BCUT2D eigenvalue weighted by atomic mass is 10.0. The molecule has 0 bridgehead atoms. The zero-order valence-corrected chi connectivity index (χ0v) is 17.7. The maximum Gasteiger partial charge on any atom is 0.253 e. The van der Waals surface area contributed by atoms with Crippen molar-refractivity contribution in [3.8, 4) is 0 Å². The summed E-state index contributed by atoms with van der Waals surface area (Å²) in [5, 5.41) is 2.90. The molecule has 1 fully saturated rings. The first kappa shape index (κ1) is 21.3. The highest BCUT2D eigenvalue weighted by Gasteiger charge is 2.31. The Morgan fingerprint density at radius 2 is 1.09 bits per heavy atom. The van der Waals surface area contributed by atoms with E-state index in [2.05, 4.69) is 5.32 Å². The SMILES string of the molecule is O=C(NC(C(=O)N1CCN(C(=O)c2ccccc2)CC1)c1ccccc1)c1ccccc1. The average molecular weight is 428 g/mol. The number of carbonyl (C=O) groups excluding carboxylic acids is 3. The fraction of sp³-hybridized carbons (Fsp3) is 0.192. The van der Waals surface area contributed by atoms with Gasteiger partial charge >= 0.3 is 0 Å². The molecule has 6 nitrogen and oxygen atoms in total. The van der Waals surface area contributed by atoms with Crippen LogP contribution in [0.3, 0.4) is 0 Å².